The van der Waals surface area contributed by atoms with Crippen molar-refractivity contribution in [3.63, 3.8) is 0 Å². The third-order valence-corrected chi connectivity index (χ3v) is 4.37. The number of ether oxygens (including phenoxy) is 2. The summed E-state index contributed by atoms with van der Waals surface area (Å²) in [5.41, 5.74) is 0.572. The lowest BCUT2D eigenvalue weighted by atomic mass is 10.0. The van der Waals surface area contributed by atoms with Crippen LogP contribution in [0.25, 0.3) is 0 Å². The van der Waals surface area contributed by atoms with Gasteiger partial charge in [-0.05, 0) is 52.8 Å². The third kappa shape index (κ3) is 5.37. The summed E-state index contributed by atoms with van der Waals surface area (Å²) in [7, 11) is 1.59. The van der Waals surface area contributed by atoms with Crippen molar-refractivity contribution >= 4 is 17.7 Å². The van der Waals surface area contributed by atoms with E-state index in [1.807, 2.05) is 25.1 Å². The zero-order valence-electron chi connectivity index (χ0n) is 17.5. The Labute approximate surface area is 170 Å². The van der Waals surface area contributed by atoms with Gasteiger partial charge in [-0.25, -0.2) is 9.78 Å². The van der Waals surface area contributed by atoms with E-state index in [9.17, 15) is 14.7 Å². The van der Waals surface area contributed by atoms with Crippen LogP contribution < -0.4 is 14.8 Å². The van der Waals surface area contributed by atoms with Crippen molar-refractivity contribution in [2.75, 3.05) is 12.4 Å². The van der Waals surface area contributed by atoms with Gasteiger partial charge in [-0.1, -0.05) is 6.07 Å². The van der Waals surface area contributed by atoms with Gasteiger partial charge in [0.05, 0.1) is 19.0 Å². The molecule has 0 fully saturated rings. The monoisotopic (exact) mass is 401 g/mol. The molecule has 0 aliphatic heterocycles. The van der Waals surface area contributed by atoms with Crippen LogP contribution in [0.5, 0.6) is 17.4 Å². The molecule has 8 heteroatoms. The van der Waals surface area contributed by atoms with E-state index in [0.29, 0.717) is 23.1 Å². The predicted molar refractivity (Wildman–Crippen MR) is 110 cm³/mol. The zero-order valence-corrected chi connectivity index (χ0v) is 17.5. The van der Waals surface area contributed by atoms with Crippen molar-refractivity contribution in [2.24, 2.45) is 0 Å². The number of amides is 2. The number of anilines is 1. The topological polar surface area (TPSA) is 101 Å². The van der Waals surface area contributed by atoms with Gasteiger partial charge in [0.15, 0.2) is 0 Å². The van der Waals surface area contributed by atoms with Crippen molar-refractivity contribution in [1.82, 2.24) is 9.88 Å². The molecule has 0 radical (unpaired) electrons. The number of benzene rings is 1. The van der Waals surface area contributed by atoms with Crippen molar-refractivity contribution in [3.05, 3.63) is 42.1 Å². The number of hydrogen-bond acceptors (Lipinski definition) is 5. The molecule has 0 spiro atoms. The Morgan fingerprint density at radius 1 is 1.17 bits per heavy atom. The van der Waals surface area contributed by atoms with Gasteiger partial charge in [0.2, 0.25) is 11.8 Å². The van der Waals surface area contributed by atoms with E-state index < -0.39 is 23.6 Å². The molecule has 156 valence electrons. The molecule has 0 saturated heterocycles. The molecular weight excluding hydrogens is 374 g/mol. The van der Waals surface area contributed by atoms with E-state index in [1.54, 1.807) is 46.9 Å². The van der Waals surface area contributed by atoms with Crippen LogP contribution in [-0.4, -0.2) is 45.7 Å². The first-order chi connectivity index (χ1) is 13.5. The predicted octanol–water partition coefficient (Wildman–Crippen LogP) is 4.30. The summed E-state index contributed by atoms with van der Waals surface area (Å²) < 4.78 is 11.1. The van der Waals surface area contributed by atoms with Gasteiger partial charge in [0.25, 0.3) is 0 Å². The summed E-state index contributed by atoms with van der Waals surface area (Å²) in [6, 6.07) is 7.86. The Bertz CT molecular complexity index is 875. The van der Waals surface area contributed by atoms with E-state index in [2.05, 4.69) is 10.3 Å². The quantitative estimate of drug-likeness (QED) is 0.749. The van der Waals surface area contributed by atoms with E-state index in [-0.39, 0.29) is 0 Å². The number of rotatable bonds is 6. The second kappa shape index (κ2) is 8.81. The molecule has 2 amide bonds. The SMILES string of the molecule is COc1cccc(Oc2ccc(NC(=O)[C@@H](C)N(C(=O)O)C(C)(C)C)cn2)c1C. The fourth-order valence-electron chi connectivity index (χ4n) is 2.95. The highest BCUT2D eigenvalue weighted by Gasteiger charge is 2.34. The molecule has 2 rings (SSSR count). The normalized spacial score (nSPS) is 12.1. The fourth-order valence-corrected chi connectivity index (χ4v) is 2.95. The van der Waals surface area contributed by atoms with Crippen LogP contribution in [-0.2, 0) is 4.79 Å². The molecule has 1 aromatic heterocycles. The highest BCUT2D eigenvalue weighted by atomic mass is 16.5. The lowest BCUT2D eigenvalue weighted by molar-refractivity contribution is -0.121. The zero-order chi connectivity index (χ0) is 21.8. The van der Waals surface area contributed by atoms with Gasteiger partial charge in [0.1, 0.15) is 17.5 Å². The minimum Gasteiger partial charge on any atom is -0.496 e. The molecule has 1 aromatic carbocycles. The highest BCUT2D eigenvalue weighted by Crippen LogP contribution is 2.30. The van der Waals surface area contributed by atoms with Gasteiger partial charge >= 0.3 is 6.09 Å². The van der Waals surface area contributed by atoms with Crippen molar-refractivity contribution in [1.29, 1.82) is 0 Å². The molecule has 0 aliphatic rings. The summed E-state index contributed by atoms with van der Waals surface area (Å²) in [4.78, 5) is 29.4. The first-order valence-corrected chi connectivity index (χ1v) is 9.15. The molecule has 8 nitrogen and oxygen atoms in total. The Hall–Kier alpha value is -3.29. The fraction of sp³-hybridized carbons (Fsp3) is 0.381. The van der Waals surface area contributed by atoms with Gasteiger partial charge in [0, 0.05) is 17.2 Å². The molecule has 0 aliphatic carbocycles. The Morgan fingerprint density at radius 3 is 2.34 bits per heavy atom. The Balaban J connectivity index is 2.09. The van der Waals surface area contributed by atoms with Gasteiger partial charge in [-0.3, -0.25) is 9.69 Å². The number of nitrogens with zero attached hydrogens (tertiary/aromatic N) is 2. The van der Waals surface area contributed by atoms with Crippen LogP contribution in [0, 0.1) is 6.92 Å². The smallest absolute Gasteiger partial charge is 0.408 e. The van der Waals surface area contributed by atoms with Crippen LogP contribution in [0.4, 0.5) is 10.5 Å². The molecule has 2 N–H and O–H groups in total. The van der Waals surface area contributed by atoms with E-state index in [4.69, 9.17) is 9.47 Å². The minimum atomic E-state index is -1.16. The maximum atomic E-state index is 12.5. The lowest BCUT2D eigenvalue weighted by Gasteiger charge is -2.37. The summed E-state index contributed by atoms with van der Waals surface area (Å²) >= 11 is 0. The maximum absolute atomic E-state index is 12.5. The summed E-state index contributed by atoms with van der Waals surface area (Å²) in [6.45, 7) is 8.64. The largest absolute Gasteiger partial charge is 0.496 e. The van der Waals surface area contributed by atoms with Crippen LogP contribution in [0.1, 0.15) is 33.3 Å². The minimum absolute atomic E-state index is 0.356. The van der Waals surface area contributed by atoms with Crippen LogP contribution in [0.15, 0.2) is 36.5 Å². The van der Waals surface area contributed by atoms with Crippen LogP contribution in [0.2, 0.25) is 0 Å². The van der Waals surface area contributed by atoms with Crippen molar-refractivity contribution in [3.8, 4) is 17.4 Å². The summed E-state index contributed by atoms with van der Waals surface area (Å²) in [5.74, 6) is 1.24. The molecule has 1 atom stereocenters. The first kappa shape index (κ1) is 22.0. The molecule has 2 aromatic rings. The number of hydrogen-bond donors (Lipinski definition) is 2. The highest BCUT2D eigenvalue weighted by molar-refractivity contribution is 5.96. The second-order valence-electron chi connectivity index (χ2n) is 7.56. The summed E-state index contributed by atoms with van der Waals surface area (Å²) in [6.07, 6.45) is 0.299. The molecule has 0 bridgehead atoms. The number of carbonyl (C=O) groups excluding carboxylic acids is 1. The van der Waals surface area contributed by atoms with Gasteiger partial charge in [-0.2, -0.15) is 0 Å². The number of carboxylic acid groups (broad SMARTS) is 1. The van der Waals surface area contributed by atoms with Gasteiger partial charge < -0.3 is 19.9 Å². The number of nitrogens with one attached hydrogen (secondary N) is 1. The van der Waals surface area contributed by atoms with E-state index >= 15 is 0 Å². The summed E-state index contributed by atoms with van der Waals surface area (Å²) in [5, 5.41) is 12.1. The van der Waals surface area contributed by atoms with Crippen molar-refractivity contribution < 1.29 is 24.2 Å². The van der Waals surface area contributed by atoms with Gasteiger partial charge in [-0.15, -0.1) is 0 Å². The van der Waals surface area contributed by atoms with Crippen LogP contribution in [0.3, 0.4) is 0 Å². The molecule has 29 heavy (non-hydrogen) atoms. The molecule has 0 saturated carbocycles. The van der Waals surface area contributed by atoms with E-state index in [1.165, 1.54) is 6.20 Å². The molecule has 1 heterocycles. The standard InChI is InChI=1S/C21H27N3O5/c1-13-16(28-6)8-7-9-17(13)29-18-11-10-15(12-22-18)23-19(25)14(2)24(20(26)27)21(3,4)5/h7-12,14H,1-6H3,(H,23,25)(H,26,27)/t14-/m1/s1. The van der Waals surface area contributed by atoms with Crippen LogP contribution >= 0.6 is 0 Å². The molecular formula is C21H27N3O5. The number of pyridine rings is 1. The average molecular weight is 401 g/mol. The lowest BCUT2D eigenvalue weighted by Crippen LogP contribution is -2.54. The number of methoxy groups -OCH3 is 1. The number of aromatic nitrogens is 1. The van der Waals surface area contributed by atoms with Crippen molar-refractivity contribution in [2.45, 2.75) is 46.2 Å². The number of carbonyl (C=O) groups is 2. The maximum Gasteiger partial charge on any atom is 0.408 e. The van der Waals surface area contributed by atoms with E-state index in [0.717, 1.165) is 10.5 Å². The molecule has 0 unspecified atom stereocenters. The first-order valence-electron chi connectivity index (χ1n) is 9.15. The Morgan fingerprint density at radius 2 is 1.83 bits per heavy atom. The average Bonchev–Trinajstić information content (AvgIpc) is 2.63. The Kier molecular flexibility index (Phi) is 6.68. The third-order valence-electron chi connectivity index (χ3n) is 4.37. The second-order valence-corrected chi connectivity index (χ2v) is 7.56.